The van der Waals surface area contributed by atoms with Crippen LogP contribution < -0.4 is 0 Å². The maximum Gasteiger partial charge on any atom is 0.508 e. The zero-order valence-electron chi connectivity index (χ0n) is 21.1. The summed E-state index contributed by atoms with van der Waals surface area (Å²) in [7, 11) is 0. The highest BCUT2D eigenvalue weighted by molar-refractivity contribution is 5.60. The third-order valence-electron chi connectivity index (χ3n) is 5.61. The fourth-order valence-electron chi connectivity index (χ4n) is 3.58. The normalized spacial score (nSPS) is 10.9. The molecule has 0 radical (unpaired) electrons. The molecule has 190 valence electrons. The molecule has 0 unspecified atom stereocenters. The van der Waals surface area contributed by atoms with Crippen molar-refractivity contribution in [3.8, 4) is 0 Å². The second-order valence-corrected chi connectivity index (χ2v) is 8.92. The Balaban J connectivity index is 3.27. The third kappa shape index (κ3) is 25.2. The van der Waals surface area contributed by atoms with Crippen molar-refractivity contribution in [1.29, 1.82) is 0 Å². The van der Waals surface area contributed by atoms with Gasteiger partial charge in [-0.15, -0.1) is 0 Å². The number of hydrogen-bond donors (Lipinski definition) is 1. The molecule has 0 spiro atoms. The van der Waals surface area contributed by atoms with Gasteiger partial charge in [-0.05, 0) is 24.8 Å². The molecule has 0 aliphatic rings. The fourth-order valence-corrected chi connectivity index (χ4v) is 3.58. The Hall–Kier alpha value is -1.07. The van der Waals surface area contributed by atoms with Crippen LogP contribution in [-0.2, 0) is 14.2 Å². The minimum atomic E-state index is -0.621. The van der Waals surface area contributed by atoms with Crippen LogP contribution in [-0.4, -0.2) is 44.3 Å². The van der Waals surface area contributed by atoms with Crippen molar-refractivity contribution in [2.24, 2.45) is 0 Å². The highest BCUT2D eigenvalue weighted by Gasteiger charge is 2.05. The molecule has 0 aromatic carbocycles. The Kier molecular flexibility index (Phi) is 25.3. The summed E-state index contributed by atoms with van der Waals surface area (Å²) in [6, 6.07) is 0. The van der Waals surface area contributed by atoms with Crippen LogP contribution in [0.1, 0.15) is 122 Å². The lowest BCUT2D eigenvalue weighted by Crippen LogP contribution is -2.12. The number of aliphatic hydroxyl groups excluding tert-OH is 1. The van der Waals surface area contributed by atoms with E-state index >= 15 is 0 Å². The summed E-state index contributed by atoms with van der Waals surface area (Å²) < 4.78 is 15.7. The Bertz CT molecular complexity index is 411. The Morgan fingerprint density at radius 2 is 1.09 bits per heavy atom. The molecule has 0 aromatic heterocycles. The Labute approximate surface area is 198 Å². The van der Waals surface area contributed by atoms with Crippen LogP contribution in [0.4, 0.5) is 4.79 Å². The van der Waals surface area contributed by atoms with E-state index in [2.05, 4.69) is 13.5 Å². The van der Waals surface area contributed by atoms with Crippen LogP contribution in [0, 0.1) is 0 Å². The highest BCUT2D eigenvalue weighted by atomic mass is 16.7. The molecule has 1 N–H and O–H groups in total. The molecule has 0 aliphatic heterocycles. The summed E-state index contributed by atoms with van der Waals surface area (Å²) in [4.78, 5) is 11.6. The zero-order chi connectivity index (χ0) is 23.5. The molecule has 0 atom stereocenters. The van der Waals surface area contributed by atoms with Gasteiger partial charge in [0.25, 0.3) is 0 Å². The van der Waals surface area contributed by atoms with E-state index in [1.807, 2.05) is 0 Å². The van der Waals surface area contributed by atoms with Crippen molar-refractivity contribution in [2.45, 2.75) is 122 Å². The first-order valence-corrected chi connectivity index (χ1v) is 13.4. The summed E-state index contributed by atoms with van der Waals surface area (Å²) in [5.41, 5.74) is 0.730. The van der Waals surface area contributed by atoms with E-state index in [-0.39, 0.29) is 13.2 Å². The van der Waals surface area contributed by atoms with E-state index in [9.17, 15) is 4.79 Å². The molecule has 0 aliphatic carbocycles. The summed E-state index contributed by atoms with van der Waals surface area (Å²) in [5.74, 6) is 0. The van der Waals surface area contributed by atoms with E-state index in [4.69, 9.17) is 19.3 Å². The van der Waals surface area contributed by atoms with Crippen molar-refractivity contribution < 1.29 is 24.1 Å². The minimum absolute atomic E-state index is 0.141. The summed E-state index contributed by atoms with van der Waals surface area (Å²) in [5, 5.41) is 8.72. The topological polar surface area (TPSA) is 65.0 Å². The smallest absolute Gasteiger partial charge is 0.434 e. The number of rotatable bonds is 25. The lowest BCUT2D eigenvalue weighted by molar-refractivity contribution is 0.0563. The standard InChI is InChI=1S/C27H52O5/c1-3-4-5-6-7-8-9-10-11-12-13-14-16-20-23-31-27(29)32-25-26(2)24-30-22-19-17-15-18-21-28/h28H,2-25H2,1H3. The number of hydrogen-bond acceptors (Lipinski definition) is 5. The summed E-state index contributed by atoms with van der Waals surface area (Å²) in [6.07, 6.45) is 21.6. The van der Waals surface area contributed by atoms with E-state index in [0.717, 1.165) is 44.1 Å². The van der Waals surface area contributed by atoms with Crippen molar-refractivity contribution in [2.75, 3.05) is 33.0 Å². The second kappa shape index (κ2) is 26.2. The zero-order valence-corrected chi connectivity index (χ0v) is 21.1. The molecule has 32 heavy (non-hydrogen) atoms. The first-order valence-electron chi connectivity index (χ1n) is 13.4. The molecule has 0 aromatic rings. The minimum Gasteiger partial charge on any atom is -0.434 e. The van der Waals surface area contributed by atoms with Gasteiger partial charge in [-0.3, -0.25) is 0 Å². The van der Waals surface area contributed by atoms with E-state index in [1.165, 1.54) is 77.0 Å². The lowest BCUT2D eigenvalue weighted by atomic mass is 10.0. The first kappa shape index (κ1) is 30.9. The van der Waals surface area contributed by atoms with Gasteiger partial charge < -0.3 is 19.3 Å². The van der Waals surface area contributed by atoms with Crippen molar-refractivity contribution in [3.63, 3.8) is 0 Å². The summed E-state index contributed by atoms with van der Waals surface area (Å²) in [6.45, 7) is 8.00. The molecule has 0 saturated carbocycles. The van der Waals surface area contributed by atoms with E-state index in [0.29, 0.717) is 19.8 Å². The van der Waals surface area contributed by atoms with Crippen molar-refractivity contribution in [3.05, 3.63) is 12.2 Å². The van der Waals surface area contributed by atoms with Gasteiger partial charge in [-0.1, -0.05) is 110 Å². The monoisotopic (exact) mass is 456 g/mol. The van der Waals surface area contributed by atoms with Crippen molar-refractivity contribution >= 4 is 6.16 Å². The number of carbonyl (C=O) groups excluding carboxylic acids is 1. The first-order chi connectivity index (χ1) is 15.7. The Morgan fingerprint density at radius 1 is 0.625 bits per heavy atom. The van der Waals surface area contributed by atoms with Gasteiger partial charge in [0, 0.05) is 13.2 Å². The van der Waals surface area contributed by atoms with Gasteiger partial charge in [-0.2, -0.15) is 0 Å². The molecular formula is C27H52O5. The molecule has 0 fully saturated rings. The molecule has 0 amide bonds. The van der Waals surface area contributed by atoms with Gasteiger partial charge in [-0.25, -0.2) is 4.79 Å². The predicted octanol–water partition coefficient (Wildman–Crippen LogP) is 7.75. The van der Waals surface area contributed by atoms with Gasteiger partial charge in [0.05, 0.1) is 13.2 Å². The lowest BCUT2D eigenvalue weighted by Gasteiger charge is -2.09. The maximum absolute atomic E-state index is 11.6. The highest BCUT2D eigenvalue weighted by Crippen LogP contribution is 2.13. The SMILES string of the molecule is C=C(COCCCCCCO)COC(=O)OCCCCCCCCCCCCCCCC. The van der Waals surface area contributed by atoms with Crippen molar-refractivity contribution in [1.82, 2.24) is 0 Å². The van der Waals surface area contributed by atoms with Crippen LogP contribution in [0.25, 0.3) is 0 Å². The van der Waals surface area contributed by atoms with Crippen LogP contribution in [0.5, 0.6) is 0 Å². The summed E-state index contributed by atoms with van der Waals surface area (Å²) >= 11 is 0. The molecule has 5 heteroatoms. The molecule has 0 heterocycles. The van der Waals surface area contributed by atoms with E-state index < -0.39 is 6.16 Å². The molecule has 0 rings (SSSR count). The number of aliphatic hydroxyl groups is 1. The van der Waals surface area contributed by atoms with E-state index in [1.54, 1.807) is 0 Å². The van der Waals surface area contributed by atoms with Gasteiger partial charge in [0.2, 0.25) is 0 Å². The van der Waals surface area contributed by atoms with Crippen LogP contribution >= 0.6 is 0 Å². The molecule has 5 nitrogen and oxygen atoms in total. The van der Waals surface area contributed by atoms with Gasteiger partial charge in [0.1, 0.15) is 6.61 Å². The average molecular weight is 457 g/mol. The Morgan fingerprint density at radius 3 is 1.62 bits per heavy atom. The number of ether oxygens (including phenoxy) is 3. The number of unbranched alkanes of at least 4 members (excludes halogenated alkanes) is 16. The average Bonchev–Trinajstić information content (AvgIpc) is 2.79. The van der Waals surface area contributed by atoms with Crippen LogP contribution in [0.15, 0.2) is 12.2 Å². The molecule has 0 bridgehead atoms. The quantitative estimate of drug-likeness (QED) is 0.0864. The fraction of sp³-hybridized carbons (Fsp3) is 0.889. The molecule has 0 saturated heterocycles. The largest absolute Gasteiger partial charge is 0.508 e. The maximum atomic E-state index is 11.6. The molecular weight excluding hydrogens is 404 g/mol. The predicted molar refractivity (Wildman–Crippen MR) is 133 cm³/mol. The van der Waals surface area contributed by atoms with Gasteiger partial charge >= 0.3 is 6.16 Å². The van der Waals surface area contributed by atoms with Crippen LogP contribution in [0.3, 0.4) is 0 Å². The van der Waals surface area contributed by atoms with Gasteiger partial charge in [0.15, 0.2) is 0 Å². The van der Waals surface area contributed by atoms with Crippen LogP contribution in [0.2, 0.25) is 0 Å². The number of carbonyl (C=O) groups is 1. The second-order valence-electron chi connectivity index (χ2n) is 8.92. The third-order valence-corrected chi connectivity index (χ3v) is 5.61.